The van der Waals surface area contributed by atoms with Crippen LogP contribution in [-0.4, -0.2) is 9.13 Å². The topological polar surface area (TPSA) is 9.86 Å². The zero-order valence-corrected chi connectivity index (χ0v) is 28.2. The van der Waals surface area contributed by atoms with Gasteiger partial charge in [-0.15, -0.1) is 0 Å². The normalized spacial score (nSPS) is 12.2. The van der Waals surface area contributed by atoms with Gasteiger partial charge in [-0.3, -0.25) is 0 Å². The number of para-hydroxylation sites is 1. The summed E-state index contributed by atoms with van der Waals surface area (Å²) in [7, 11) is 0. The van der Waals surface area contributed by atoms with Crippen molar-refractivity contribution in [1.29, 1.82) is 0 Å². The van der Waals surface area contributed by atoms with E-state index in [-0.39, 0.29) is 0 Å². The predicted molar refractivity (Wildman–Crippen MR) is 220 cm³/mol. The van der Waals surface area contributed by atoms with E-state index in [1.165, 1.54) is 104 Å². The molecule has 0 unspecified atom stereocenters. The number of nitrogens with zero attached hydrogens (tertiary/aromatic N) is 2. The summed E-state index contributed by atoms with van der Waals surface area (Å²) in [6.45, 7) is 0. The molecule has 0 radical (unpaired) electrons. The van der Waals surface area contributed by atoms with E-state index < -0.39 is 0 Å². The van der Waals surface area contributed by atoms with Gasteiger partial charge in [0.05, 0.1) is 22.1 Å². The molecule has 2 nitrogen and oxygen atoms in total. The van der Waals surface area contributed by atoms with Gasteiger partial charge < -0.3 is 9.13 Å². The summed E-state index contributed by atoms with van der Waals surface area (Å²) in [4.78, 5) is 0. The quantitative estimate of drug-likeness (QED) is 0.179. The van der Waals surface area contributed by atoms with E-state index >= 15 is 0 Å². The third-order valence-electron chi connectivity index (χ3n) is 11.4. The van der Waals surface area contributed by atoms with Crippen molar-refractivity contribution in [3.05, 3.63) is 182 Å². The minimum Gasteiger partial charge on any atom is -0.309 e. The number of fused-ring (bicyclic) bond motifs is 12. The molecule has 0 atom stereocenters. The van der Waals surface area contributed by atoms with Crippen molar-refractivity contribution in [1.82, 2.24) is 9.13 Å². The van der Waals surface area contributed by atoms with Crippen molar-refractivity contribution >= 4 is 65.2 Å². The van der Waals surface area contributed by atoms with Gasteiger partial charge in [-0.1, -0.05) is 146 Å². The van der Waals surface area contributed by atoms with Crippen LogP contribution in [0.25, 0.3) is 110 Å². The molecule has 0 bridgehead atoms. The molecular weight excluding hydrogens is 629 g/mol. The van der Waals surface area contributed by atoms with E-state index in [4.69, 9.17) is 0 Å². The lowest BCUT2D eigenvalue weighted by atomic mass is 10.0. The van der Waals surface area contributed by atoms with E-state index in [9.17, 15) is 0 Å². The fourth-order valence-electron chi connectivity index (χ4n) is 9.22. The van der Waals surface area contributed by atoms with Crippen LogP contribution in [0, 0.1) is 0 Å². The molecule has 1 aliphatic rings. The molecule has 0 saturated heterocycles. The highest BCUT2D eigenvalue weighted by Gasteiger charge is 2.25. The highest BCUT2D eigenvalue weighted by atomic mass is 15.0. The Labute approximate surface area is 300 Å². The first-order valence-electron chi connectivity index (χ1n) is 18.0. The van der Waals surface area contributed by atoms with Gasteiger partial charge in [0.2, 0.25) is 0 Å². The zero-order chi connectivity index (χ0) is 33.9. The average molecular weight is 659 g/mol. The lowest BCUT2D eigenvalue weighted by Gasteiger charge is -2.13. The molecule has 2 aromatic heterocycles. The van der Waals surface area contributed by atoms with Crippen molar-refractivity contribution < 1.29 is 0 Å². The number of hydrogen-bond acceptors (Lipinski definition) is 0. The third kappa shape index (κ3) is 3.68. The fraction of sp³-hybridized carbons (Fsp3) is 0. The average Bonchev–Trinajstić information content (AvgIpc) is 3.85. The monoisotopic (exact) mass is 658 g/mol. The SMILES string of the molecule is c1ccc(-c2ccc(-n3c4ccc5c6ccccc6n(-c6cc7c8c(cccc8c6)-c6ccccc6-7)c5c4c4ccc5ccccc5c43)cc2)cc1. The van der Waals surface area contributed by atoms with Crippen LogP contribution >= 0.6 is 0 Å². The molecule has 0 spiro atoms. The number of aromatic nitrogens is 2. The van der Waals surface area contributed by atoms with Crippen LogP contribution in [0.3, 0.4) is 0 Å². The maximum atomic E-state index is 2.54. The van der Waals surface area contributed by atoms with Crippen molar-refractivity contribution in [3.8, 4) is 44.8 Å². The maximum absolute atomic E-state index is 2.54. The van der Waals surface area contributed by atoms with Gasteiger partial charge in [0.1, 0.15) is 0 Å². The molecule has 0 fully saturated rings. The molecule has 2 heterocycles. The Bertz CT molecular complexity index is 3270. The largest absolute Gasteiger partial charge is 0.309 e. The Balaban J connectivity index is 1.23. The molecule has 0 aliphatic heterocycles. The Hall–Kier alpha value is -6.90. The van der Waals surface area contributed by atoms with E-state index in [2.05, 4.69) is 191 Å². The molecule has 9 aromatic carbocycles. The Morgan fingerprint density at radius 2 is 0.942 bits per heavy atom. The molecule has 0 N–H and O–H groups in total. The lowest BCUT2D eigenvalue weighted by molar-refractivity contribution is 1.18. The summed E-state index contributed by atoms with van der Waals surface area (Å²) in [6.07, 6.45) is 0. The second-order valence-corrected chi connectivity index (χ2v) is 14.1. The highest BCUT2D eigenvalue weighted by Crippen LogP contribution is 2.49. The van der Waals surface area contributed by atoms with Crippen LogP contribution in [0.5, 0.6) is 0 Å². The van der Waals surface area contributed by atoms with Crippen LogP contribution in [0.4, 0.5) is 0 Å². The summed E-state index contributed by atoms with van der Waals surface area (Å²) in [6, 6.07) is 67.2. The van der Waals surface area contributed by atoms with Crippen LogP contribution < -0.4 is 0 Å². The first kappa shape index (κ1) is 27.9. The van der Waals surface area contributed by atoms with Gasteiger partial charge in [0.25, 0.3) is 0 Å². The minimum absolute atomic E-state index is 1.15. The molecule has 1 aliphatic carbocycles. The standard InChI is InChI=1S/C50H30N2/c1-2-11-31(12-3-1)32-21-24-35(25-22-32)51-46-28-27-42-40-18-8-9-20-45(40)52(50(42)48(46)43-26-23-33-13-4-5-15-37(33)49(43)51)36-29-34-14-10-19-41-38-16-6-7-17-39(38)44(30-36)47(34)41/h1-30H. The maximum Gasteiger partial charge on any atom is 0.0641 e. The first-order valence-corrected chi connectivity index (χ1v) is 18.0. The smallest absolute Gasteiger partial charge is 0.0641 e. The Kier molecular flexibility index (Phi) is 5.53. The summed E-state index contributed by atoms with van der Waals surface area (Å²) in [5.74, 6) is 0. The van der Waals surface area contributed by atoms with Gasteiger partial charge in [-0.05, 0) is 85.9 Å². The summed E-state index contributed by atoms with van der Waals surface area (Å²) in [5, 5.41) is 10.2. The fourth-order valence-corrected chi connectivity index (χ4v) is 9.22. The molecular formula is C50H30N2. The molecule has 240 valence electrons. The number of benzene rings is 9. The Morgan fingerprint density at radius 3 is 1.81 bits per heavy atom. The molecule has 12 rings (SSSR count). The number of hydrogen-bond donors (Lipinski definition) is 0. The van der Waals surface area contributed by atoms with Crippen LogP contribution in [0.2, 0.25) is 0 Å². The van der Waals surface area contributed by atoms with Gasteiger partial charge in [0.15, 0.2) is 0 Å². The summed E-state index contributed by atoms with van der Waals surface area (Å²) < 4.78 is 5.03. The van der Waals surface area contributed by atoms with E-state index in [1.54, 1.807) is 0 Å². The van der Waals surface area contributed by atoms with E-state index in [1.807, 2.05) is 0 Å². The second-order valence-electron chi connectivity index (χ2n) is 14.1. The van der Waals surface area contributed by atoms with E-state index in [0.717, 1.165) is 5.69 Å². The number of rotatable bonds is 3. The molecule has 0 amide bonds. The van der Waals surface area contributed by atoms with Gasteiger partial charge in [-0.25, -0.2) is 0 Å². The van der Waals surface area contributed by atoms with Crippen LogP contribution in [-0.2, 0) is 0 Å². The van der Waals surface area contributed by atoms with Gasteiger partial charge in [0, 0.05) is 38.3 Å². The van der Waals surface area contributed by atoms with Crippen molar-refractivity contribution in [3.63, 3.8) is 0 Å². The third-order valence-corrected chi connectivity index (χ3v) is 11.4. The summed E-state index contributed by atoms with van der Waals surface area (Å²) >= 11 is 0. The first-order chi connectivity index (χ1) is 25.8. The van der Waals surface area contributed by atoms with Crippen molar-refractivity contribution in [2.24, 2.45) is 0 Å². The Morgan fingerprint density at radius 1 is 0.288 bits per heavy atom. The lowest BCUT2D eigenvalue weighted by Crippen LogP contribution is -1.96. The highest BCUT2D eigenvalue weighted by molar-refractivity contribution is 6.29. The second kappa shape index (κ2) is 10.3. The van der Waals surface area contributed by atoms with Crippen molar-refractivity contribution in [2.45, 2.75) is 0 Å². The molecule has 2 heteroatoms. The van der Waals surface area contributed by atoms with Crippen LogP contribution in [0.1, 0.15) is 0 Å². The van der Waals surface area contributed by atoms with Crippen LogP contribution in [0.15, 0.2) is 182 Å². The molecule has 52 heavy (non-hydrogen) atoms. The molecule has 11 aromatic rings. The van der Waals surface area contributed by atoms with Gasteiger partial charge in [-0.2, -0.15) is 0 Å². The van der Waals surface area contributed by atoms with Crippen molar-refractivity contribution in [2.75, 3.05) is 0 Å². The minimum atomic E-state index is 1.15. The summed E-state index contributed by atoms with van der Waals surface area (Å²) in [5.41, 5.74) is 14.9. The molecule has 0 saturated carbocycles. The zero-order valence-electron chi connectivity index (χ0n) is 28.2. The predicted octanol–water partition coefficient (Wildman–Crippen LogP) is 13.5. The van der Waals surface area contributed by atoms with E-state index in [0.29, 0.717) is 0 Å². The van der Waals surface area contributed by atoms with Gasteiger partial charge >= 0.3 is 0 Å².